The first-order valence-electron chi connectivity index (χ1n) is 19.4. The molecule has 2 N–H and O–H groups in total. The van der Waals surface area contributed by atoms with Gasteiger partial charge in [0, 0.05) is 63.8 Å². The molecule has 2 aromatic carbocycles. The first-order valence-corrected chi connectivity index (χ1v) is 19.4. The van der Waals surface area contributed by atoms with E-state index in [1.807, 2.05) is 17.8 Å². The summed E-state index contributed by atoms with van der Waals surface area (Å²) in [4.78, 5) is 50.8. The van der Waals surface area contributed by atoms with Gasteiger partial charge in [-0.25, -0.2) is 14.2 Å². The number of carbonyl (C=O) groups is 2. The number of nitrogens with zero attached hydrogens (tertiary/aromatic N) is 6. The van der Waals surface area contributed by atoms with Crippen LogP contribution >= 0.6 is 0 Å². The Morgan fingerprint density at radius 1 is 0.944 bits per heavy atom. The van der Waals surface area contributed by atoms with Crippen molar-refractivity contribution in [2.75, 3.05) is 70.5 Å². The fraction of sp³-hybridized carbons (Fsp3) is 0.564. The molecule has 14 nitrogen and oxygen atoms in total. The Labute approximate surface area is 312 Å². The molecule has 4 aliphatic heterocycles. The van der Waals surface area contributed by atoms with Gasteiger partial charge in [0.25, 0.3) is 5.56 Å². The van der Waals surface area contributed by atoms with Crippen LogP contribution in [0.15, 0.2) is 35.1 Å². The first kappa shape index (κ1) is 36.5. The molecule has 0 aliphatic carbocycles. The van der Waals surface area contributed by atoms with Crippen molar-refractivity contribution in [2.45, 2.75) is 63.6 Å². The second-order valence-electron chi connectivity index (χ2n) is 15.1. The molecule has 2 aromatic heterocycles. The molecule has 0 bridgehead atoms. The number of amides is 3. The Kier molecular flexibility index (Phi) is 10.9. The Morgan fingerprint density at radius 3 is 2.43 bits per heavy atom. The zero-order chi connectivity index (χ0) is 37.2. The van der Waals surface area contributed by atoms with Crippen molar-refractivity contribution in [2.24, 2.45) is 13.0 Å². The van der Waals surface area contributed by atoms with Crippen molar-refractivity contribution in [3.05, 3.63) is 57.9 Å². The molecule has 3 amide bonds. The summed E-state index contributed by atoms with van der Waals surface area (Å²) in [7, 11) is 1.93. The quantitative estimate of drug-likeness (QED) is 0.231. The zero-order valence-electron chi connectivity index (χ0n) is 30.9. The topological polar surface area (TPSA) is 147 Å². The average molecular weight is 745 g/mol. The number of para-hydroxylation sites is 1. The minimum absolute atomic E-state index is 0.0556. The monoisotopic (exact) mass is 744 g/mol. The van der Waals surface area contributed by atoms with E-state index < -0.39 is 17.4 Å². The van der Waals surface area contributed by atoms with Gasteiger partial charge in [0.2, 0.25) is 5.91 Å². The van der Waals surface area contributed by atoms with Crippen LogP contribution in [0.3, 0.4) is 0 Å². The van der Waals surface area contributed by atoms with Gasteiger partial charge in [-0.3, -0.25) is 24.5 Å². The predicted molar refractivity (Wildman–Crippen MR) is 200 cm³/mol. The minimum Gasteiger partial charge on any atom is -0.493 e. The van der Waals surface area contributed by atoms with Gasteiger partial charge < -0.3 is 29.0 Å². The van der Waals surface area contributed by atoms with Gasteiger partial charge >= 0.3 is 6.03 Å². The highest BCUT2D eigenvalue weighted by Gasteiger charge is 2.30. The molecule has 0 unspecified atom stereocenters. The van der Waals surface area contributed by atoms with Crippen molar-refractivity contribution in [3.8, 4) is 5.75 Å². The number of hydrogen-bond acceptors (Lipinski definition) is 10. The fourth-order valence-electron chi connectivity index (χ4n) is 8.42. The molecule has 0 saturated carbocycles. The van der Waals surface area contributed by atoms with Crippen LogP contribution in [0.25, 0.3) is 21.8 Å². The van der Waals surface area contributed by atoms with Gasteiger partial charge in [-0.15, -0.1) is 0 Å². The number of imide groups is 1. The number of urea groups is 1. The smallest absolute Gasteiger partial charge is 0.329 e. The number of aryl methyl sites for hydroxylation is 1. The van der Waals surface area contributed by atoms with Crippen molar-refractivity contribution in [1.29, 1.82) is 0 Å². The summed E-state index contributed by atoms with van der Waals surface area (Å²) in [5, 5.41) is 8.00. The lowest BCUT2D eigenvalue weighted by molar-refractivity contribution is -0.120. The van der Waals surface area contributed by atoms with Gasteiger partial charge in [-0.1, -0.05) is 12.1 Å². The van der Waals surface area contributed by atoms with E-state index in [0.29, 0.717) is 55.6 Å². The fourth-order valence-corrected chi connectivity index (χ4v) is 8.42. The Morgan fingerprint density at radius 2 is 1.69 bits per heavy atom. The number of fused-ring (bicyclic) bond motifs is 2. The summed E-state index contributed by atoms with van der Waals surface area (Å²) in [5.74, 6) is 1.24. The third kappa shape index (κ3) is 7.99. The Balaban J connectivity index is 0.792. The summed E-state index contributed by atoms with van der Waals surface area (Å²) in [6.45, 7) is 8.38. The van der Waals surface area contributed by atoms with Crippen molar-refractivity contribution in [3.63, 3.8) is 0 Å². The molecule has 4 fully saturated rings. The molecular formula is C39H49FN8O6. The molecule has 15 heteroatoms. The summed E-state index contributed by atoms with van der Waals surface area (Å²) in [5.41, 5.74) is 2.07. The second-order valence-corrected chi connectivity index (χ2v) is 15.1. The Hall–Kier alpha value is -4.44. The molecule has 54 heavy (non-hydrogen) atoms. The molecule has 4 aliphatic rings. The standard InChI is InChI=1S/C39H49FN8O6/c1-45-36-29(3-2-4-30(36)37(44-45)48-16-9-34(49)43-39(48)51)26-7-14-47(15-8-26)18-17-46-12-5-25(6-13-46)23-53-28-21-31(40)35-32(22-28)41-33(42-38(35)50)24-54-27-10-19-52-20-11-27/h2-4,21-22,25-27H,5-20,23-24H2,1H3,(H,41,42,50)(H,43,49,51). The number of nitrogens with one attached hydrogen (secondary N) is 2. The molecular weight excluding hydrogens is 695 g/mol. The number of H-pyrrole nitrogens is 1. The van der Waals surface area contributed by atoms with Gasteiger partial charge in [0.05, 0.1) is 23.7 Å². The molecule has 6 heterocycles. The molecule has 0 spiro atoms. The lowest BCUT2D eigenvalue weighted by Gasteiger charge is -2.36. The summed E-state index contributed by atoms with van der Waals surface area (Å²) < 4.78 is 34.3. The minimum atomic E-state index is -0.641. The van der Waals surface area contributed by atoms with Crippen LogP contribution in [0.2, 0.25) is 0 Å². The lowest BCUT2D eigenvalue weighted by atomic mass is 9.88. The summed E-state index contributed by atoms with van der Waals surface area (Å²) in [6, 6.07) is 8.78. The van der Waals surface area contributed by atoms with Gasteiger partial charge in [0.15, 0.2) is 5.82 Å². The number of carbonyl (C=O) groups excluding carboxylic acids is 2. The van der Waals surface area contributed by atoms with Crippen molar-refractivity contribution >= 4 is 39.6 Å². The third-order valence-corrected chi connectivity index (χ3v) is 11.5. The van der Waals surface area contributed by atoms with Crippen molar-refractivity contribution in [1.82, 2.24) is 34.9 Å². The van der Waals surface area contributed by atoms with E-state index in [-0.39, 0.29) is 35.9 Å². The molecule has 8 rings (SSSR count). The van der Waals surface area contributed by atoms with Gasteiger partial charge in [-0.2, -0.15) is 5.10 Å². The maximum absolute atomic E-state index is 15.0. The van der Waals surface area contributed by atoms with Crippen LogP contribution in [-0.4, -0.2) is 113 Å². The van der Waals surface area contributed by atoms with E-state index >= 15 is 4.39 Å². The lowest BCUT2D eigenvalue weighted by Crippen LogP contribution is -2.49. The number of aromatic amines is 1. The van der Waals surface area contributed by atoms with E-state index in [9.17, 15) is 14.4 Å². The number of rotatable bonds is 11. The molecule has 288 valence electrons. The summed E-state index contributed by atoms with van der Waals surface area (Å²) in [6.07, 6.45) is 6.05. The number of hydrogen-bond donors (Lipinski definition) is 2. The largest absolute Gasteiger partial charge is 0.493 e. The van der Waals surface area contributed by atoms with Crippen LogP contribution in [0.5, 0.6) is 5.75 Å². The van der Waals surface area contributed by atoms with Gasteiger partial charge in [0.1, 0.15) is 29.4 Å². The first-order chi connectivity index (χ1) is 26.3. The highest BCUT2D eigenvalue weighted by molar-refractivity contribution is 6.09. The second kappa shape index (κ2) is 16.1. The predicted octanol–water partition coefficient (Wildman–Crippen LogP) is 4.06. The zero-order valence-corrected chi connectivity index (χ0v) is 30.9. The molecule has 4 saturated heterocycles. The van der Waals surface area contributed by atoms with Crippen LogP contribution in [-0.2, 0) is 27.9 Å². The van der Waals surface area contributed by atoms with E-state index in [1.54, 1.807) is 11.0 Å². The highest BCUT2D eigenvalue weighted by atomic mass is 19.1. The van der Waals surface area contributed by atoms with Crippen LogP contribution in [0, 0.1) is 11.7 Å². The summed E-state index contributed by atoms with van der Waals surface area (Å²) >= 11 is 0. The van der Waals surface area contributed by atoms with Crippen LogP contribution < -0.4 is 20.5 Å². The van der Waals surface area contributed by atoms with Crippen LogP contribution in [0.4, 0.5) is 15.0 Å². The number of benzene rings is 2. The molecule has 0 radical (unpaired) electrons. The number of likely N-dealkylation sites (tertiary alicyclic amines) is 2. The normalized spacial score (nSPS) is 20.3. The van der Waals surface area contributed by atoms with Crippen LogP contribution in [0.1, 0.15) is 62.3 Å². The van der Waals surface area contributed by atoms with E-state index in [4.69, 9.17) is 19.3 Å². The number of ether oxygens (including phenoxy) is 3. The number of piperidine rings is 2. The third-order valence-electron chi connectivity index (χ3n) is 11.5. The maximum Gasteiger partial charge on any atom is 0.329 e. The van der Waals surface area contributed by atoms with Gasteiger partial charge in [-0.05, 0) is 88.2 Å². The van der Waals surface area contributed by atoms with Crippen molar-refractivity contribution < 1.29 is 28.2 Å². The number of anilines is 1. The van der Waals surface area contributed by atoms with E-state index in [1.165, 1.54) is 11.6 Å². The maximum atomic E-state index is 15.0. The highest BCUT2D eigenvalue weighted by Crippen LogP contribution is 2.36. The molecule has 4 aromatic rings. The molecule has 0 atom stereocenters. The average Bonchev–Trinajstić information content (AvgIpc) is 3.52. The van der Waals surface area contributed by atoms with E-state index in [0.717, 1.165) is 88.7 Å². The number of aromatic nitrogens is 4. The Bertz CT molecular complexity index is 2050. The SMILES string of the molecule is Cn1nc(N2CCC(=O)NC2=O)c2cccc(C3CCN(CCN4CCC(COc5cc(F)c6c(=O)[nH]c(COC7CCOCC7)nc6c5)CC4)CC3)c21. The number of halogens is 1. The van der Waals surface area contributed by atoms with E-state index in [2.05, 4.69) is 37.2 Å².